The van der Waals surface area contributed by atoms with E-state index in [9.17, 15) is 19.2 Å². The van der Waals surface area contributed by atoms with Crippen LogP contribution in [0.1, 0.15) is 45.7 Å². The van der Waals surface area contributed by atoms with E-state index in [2.05, 4.69) is 21.9 Å². The van der Waals surface area contributed by atoms with Crippen LogP contribution in [0.2, 0.25) is 0 Å². The minimum atomic E-state index is -0.882. The Labute approximate surface area is 217 Å². The van der Waals surface area contributed by atoms with Gasteiger partial charge in [0, 0.05) is 25.2 Å². The van der Waals surface area contributed by atoms with E-state index in [-0.39, 0.29) is 31.5 Å². The molecule has 0 fully saturated rings. The molecule has 0 saturated carbocycles. The molecule has 1 rings (SSSR count). The Morgan fingerprint density at radius 3 is 2.39 bits per heavy atom. The number of alkyl carbamates (subject to hydrolysis) is 1. The second-order valence-corrected chi connectivity index (χ2v) is 9.63. The van der Waals surface area contributed by atoms with Crippen LogP contribution in [0.3, 0.4) is 0 Å². The van der Waals surface area contributed by atoms with Crippen molar-refractivity contribution in [2.45, 2.75) is 58.7 Å². The van der Waals surface area contributed by atoms with E-state index in [1.165, 1.54) is 4.90 Å². The van der Waals surface area contributed by atoms with Crippen LogP contribution in [-0.4, -0.2) is 60.7 Å². The predicted octanol–water partition coefficient (Wildman–Crippen LogP) is 3.23. The SMILES string of the molecule is C#CCOC(=O)N(C)Cc1cc(NC(=O)CNC(=O)C(NC(=O)OC(C)(C)C)C(C)C)ccc1CCl. The van der Waals surface area contributed by atoms with Gasteiger partial charge in [-0.15, -0.1) is 18.0 Å². The van der Waals surface area contributed by atoms with E-state index in [1.807, 2.05) is 0 Å². The minimum absolute atomic E-state index is 0.141. The maximum absolute atomic E-state index is 12.6. The lowest BCUT2D eigenvalue weighted by Crippen LogP contribution is -2.52. The molecule has 1 unspecified atom stereocenters. The molecule has 0 aliphatic rings. The first kappa shape index (κ1) is 30.6. The Morgan fingerprint density at radius 1 is 1.17 bits per heavy atom. The summed E-state index contributed by atoms with van der Waals surface area (Å²) in [4.78, 5) is 50.5. The Morgan fingerprint density at radius 2 is 1.83 bits per heavy atom. The number of amides is 4. The Kier molecular flexibility index (Phi) is 12.1. The van der Waals surface area contributed by atoms with Crippen LogP contribution in [0.5, 0.6) is 0 Å². The standard InChI is InChI=1S/C25H35ClN4O6/c1-8-11-35-24(34)30(7)15-18-12-19(10-9-17(18)13-26)28-20(31)14-27-22(32)21(16(2)3)29-23(33)36-25(4,5)6/h1,9-10,12,16,21H,11,13-15H2,2-7H3,(H,27,32)(H,28,31)(H,29,33). The number of rotatable bonds is 10. The molecular weight excluding hydrogens is 488 g/mol. The molecule has 0 heterocycles. The van der Waals surface area contributed by atoms with Crippen LogP contribution in [0, 0.1) is 18.3 Å². The summed E-state index contributed by atoms with van der Waals surface area (Å²) in [5.74, 6) is 1.19. The number of hydrogen-bond acceptors (Lipinski definition) is 6. The number of ether oxygens (including phenoxy) is 2. The highest BCUT2D eigenvalue weighted by Crippen LogP contribution is 2.20. The highest BCUT2D eigenvalue weighted by Gasteiger charge is 2.27. The second-order valence-electron chi connectivity index (χ2n) is 9.37. The van der Waals surface area contributed by atoms with E-state index < -0.39 is 35.6 Å². The van der Waals surface area contributed by atoms with Crippen LogP contribution in [-0.2, 0) is 31.5 Å². The number of nitrogens with one attached hydrogen (secondary N) is 3. The zero-order valence-electron chi connectivity index (χ0n) is 21.6. The summed E-state index contributed by atoms with van der Waals surface area (Å²) in [6.07, 6.45) is 3.79. The third-order valence-electron chi connectivity index (χ3n) is 4.68. The number of anilines is 1. The minimum Gasteiger partial charge on any atom is -0.444 e. The van der Waals surface area contributed by atoms with Gasteiger partial charge in [0.2, 0.25) is 11.8 Å². The molecule has 198 valence electrons. The molecule has 1 aromatic carbocycles. The summed E-state index contributed by atoms with van der Waals surface area (Å²) in [5, 5.41) is 7.76. The largest absolute Gasteiger partial charge is 0.444 e. The third-order valence-corrected chi connectivity index (χ3v) is 4.96. The van der Waals surface area contributed by atoms with Gasteiger partial charge < -0.3 is 30.3 Å². The Balaban J connectivity index is 2.77. The Bertz CT molecular complexity index is 984. The summed E-state index contributed by atoms with van der Waals surface area (Å²) in [7, 11) is 1.55. The fourth-order valence-corrected chi connectivity index (χ4v) is 3.23. The molecule has 0 radical (unpaired) electrons. The molecular formula is C25H35ClN4O6. The van der Waals surface area contributed by atoms with Crippen LogP contribution < -0.4 is 16.0 Å². The number of benzene rings is 1. The van der Waals surface area contributed by atoms with Crippen molar-refractivity contribution in [3.05, 3.63) is 29.3 Å². The number of halogens is 1. The molecule has 0 aliphatic carbocycles. The van der Waals surface area contributed by atoms with Gasteiger partial charge in [0.15, 0.2) is 6.61 Å². The highest BCUT2D eigenvalue weighted by molar-refractivity contribution is 6.17. The molecule has 0 spiro atoms. The van der Waals surface area contributed by atoms with Crippen molar-refractivity contribution < 1.29 is 28.7 Å². The summed E-state index contributed by atoms with van der Waals surface area (Å²) in [5.41, 5.74) is 1.22. The van der Waals surface area contributed by atoms with Gasteiger partial charge in [-0.25, -0.2) is 9.59 Å². The van der Waals surface area contributed by atoms with E-state index in [0.29, 0.717) is 11.3 Å². The Hall–Kier alpha value is -3.45. The average molecular weight is 523 g/mol. The monoisotopic (exact) mass is 522 g/mol. The van der Waals surface area contributed by atoms with E-state index in [4.69, 9.17) is 27.5 Å². The summed E-state index contributed by atoms with van der Waals surface area (Å²) in [6, 6.07) is 4.20. The number of carbonyl (C=O) groups is 4. The van der Waals surface area contributed by atoms with Crippen molar-refractivity contribution >= 4 is 41.3 Å². The van der Waals surface area contributed by atoms with Crippen molar-refractivity contribution in [1.29, 1.82) is 0 Å². The van der Waals surface area contributed by atoms with Gasteiger partial charge >= 0.3 is 12.2 Å². The zero-order valence-corrected chi connectivity index (χ0v) is 22.3. The number of carbonyl (C=O) groups excluding carboxylic acids is 4. The lowest BCUT2D eigenvalue weighted by molar-refractivity contribution is -0.126. The van der Waals surface area contributed by atoms with Gasteiger partial charge in [-0.2, -0.15) is 0 Å². The summed E-state index contributed by atoms with van der Waals surface area (Å²) in [6.45, 7) is 8.40. The molecule has 10 nitrogen and oxygen atoms in total. The smallest absolute Gasteiger partial charge is 0.410 e. The highest BCUT2D eigenvalue weighted by atomic mass is 35.5. The number of terminal acetylenes is 1. The fourth-order valence-electron chi connectivity index (χ4n) is 2.97. The van der Waals surface area contributed by atoms with E-state index in [1.54, 1.807) is 59.9 Å². The fraction of sp³-hybridized carbons (Fsp3) is 0.520. The second kappa shape index (κ2) is 14.2. The van der Waals surface area contributed by atoms with Crippen molar-refractivity contribution in [2.75, 3.05) is 25.5 Å². The molecule has 11 heteroatoms. The molecule has 4 amide bonds. The first-order chi connectivity index (χ1) is 16.8. The molecule has 0 aliphatic heterocycles. The zero-order chi connectivity index (χ0) is 27.5. The van der Waals surface area contributed by atoms with Gasteiger partial charge in [0.25, 0.3) is 0 Å². The van der Waals surface area contributed by atoms with Crippen LogP contribution in [0.4, 0.5) is 15.3 Å². The van der Waals surface area contributed by atoms with E-state index >= 15 is 0 Å². The maximum atomic E-state index is 12.6. The quantitative estimate of drug-likeness (QED) is 0.320. The molecule has 0 saturated heterocycles. The van der Waals surface area contributed by atoms with Gasteiger partial charge in [0.05, 0.1) is 6.54 Å². The first-order valence-corrected chi connectivity index (χ1v) is 11.9. The van der Waals surface area contributed by atoms with Gasteiger partial charge in [-0.3, -0.25) is 9.59 Å². The predicted molar refractivity (Wildman–Crippen MR) is 137 cm³/mol. The van der Waals surface area contributed by atoms with Crippen molar-refractivity contribution in [1.82, 2.24) is 15.5 Å². The topological polar surface area (TPSA) is 126 Å². The third kappa shape index (κ3) is 10.9. The molecule has 1 aromatic rings. The average Bonchev–Trinajstić information content (AvgIpc) is 2.78. The number of hydrogen-bond donors (Lipinski definition) is 3. The summed E-state index contributed by atoms with van der Waals surface area (Å²) >= 11 is 6.01. The molecule has 0 aromatic heterocycles. The normalized spacial score (nSPS) is 11.6. The van der Waals surface area contributed by atoms with Gasteiger partial charge in [-0.05, 0) is 49.9 Å². The van der Waals surface area contributed by atoms with Gasteiger partial charge in [-0.1, -0.05) is 25.8 Å². The van der Waals surface area contributed by atoms with Crippen molar-refractivity contribution in [3.8, 4) is 12.3 Å². The van der Waals surface area contributed by atoms with Crippen LogP contribution in [0.15, 0.2) is 18.2 Å². The van der Waals surface area contributed by atoms with Crippen molar-refractivity contribution in [3.63, 3.8) is 0 Å². The number of nitrogens with zero attached hydrogens (tertiary/aromatic N) is 1. The maximum Gasteiger partial charge on any atom is 0.410 e. The molecule has 36 heavy (non-hydrogen) atoms. The number of alkyl halides is 1. The molecule has 3 N–H and O–H groups in total. The molecule has 0 bridgehead atoms. The van der Waals surface area contributed by atoms with Crippen molar-refractivity contribution in [2.24, 2.45) is 5.92 Å². The van der Waals surface area contributed by atoms with Gasteiger partial charge in [0.1, 0.15) is 11.6 Å². The first-order valence-electron chi connectivity index (χ1n) is 11.3. The lowest BCUT2D eigenvalue weighted by atomic mass is 10.0. The lowest BCUT2D eigenvalue weighted by Gasteiger charge is -2.25. The molecule has 1 atom stereocenters. The van der Waals surface area contributed by atoms with E-state index in [0.717, 1.165) is 5.56 Å². The van der Waals surface area contributed by atoms with Crippen LogP contribution >= 0.6 is 11.6 Å². The van der Waals surface area contributed by atoms with Crippen LogP contribution in [0.25, 0.3) is 0 Å². The summed E-state index contributed by atoms with van der Waals surface area (Å²) < 4.78 is 10.1.